The molecule has 0 bridgehead atoms. The van der Waals surface area contributed by atoms with Crippen LogP contribution in [0.5, 0.6) is 0 Å². The average Bonchev–Trinajstić information content (AvgIpc) is 2.99. The highest BCUT2D eigenvalue weighted by molar-refractivity contribution is 7.91. The lowest BCUT2D eigenvalue weighted by atomic mass is 9.87. The van der Waals surface area contributed by atoms with Crippen molar-refractivity contribution >= 4 is 15.7 Å². The van der Waals surface area contributed by atoms with E-state index in [0.29, 0.717) is 32.7 Å². The van der Waals surface area contributed by atoms with Gasteiger partial charge in [-0.2, -0.15) is 0 Å². The Kier molecular flexibility index (Phi) is 5.97. The smallest absolute Gasteiger partial charge is 0.237 e. The van der Waals surface area contributed by atoms with E-state index in [2.05, 4.69) is 28.0 Å². The van der Waals surface area contributed by atoms with E-state index < -0.39 is 15.9 Å². The third-order valence-electron chi connectivity index (χ3n) is 6.73. The number of benzene rings is 1. The summed E-state index contributed by atoms with van der Waals surface area (Å²) in [5.74, 6) is 0.0321. The number of rotatable bonds is 4. The fraction of sp³-hybridized carbons (Fsp3) is 0.667. The van der Waals surface area contributed by atoms with Crippen LogP contribution in [0.15, 0.2) is 24.3 Å². The standard InChI is InChI=1S/C21H31N3O4S/c1-22(18-8-4-6-16-5-2-3-7-17(16)18)21(26)13-23-9-11-24(12-10-23)19-14-29(27,28)15-20(19)25/h2-3,5,7,18-20,25H,4,6,8-15H2,1H3/t18-,19-,20+/m1/s1. The number of hydrogen-bond acceptors (Lipinski definition) is 6. The zero-order chi connectivity index (χ0) is 20.6. The van der Waals surface area contributed by atoms with Crippen LogP contribution in [0, 0.1) is 0 Å². The highest BCUT2D eigenvalue weighted by Crippen LogP contribution is 2.33. The molecule has 1 N–H and O–H groups in total. The number of sulfone groups is 1. The van der Waals surface area contributed by atoms with E-state index >= 15 is 0 Å². The highest BCUT2D eigenvalue weighted by atomic mass is 32.2. The molecule has 8 heteroatoms. The van der Waals surface area contributed by atoms with Crippen LogP contribution in [0.2, 0.25) is 0 Å². The van der Waals surface area contributed by atoms with Gasteiger partial charge in [-0.1, -0.05) is 24.3 Å². The number of nitrogens with zero attached hydrogens (tertiary/aromatic N) is 3. The molecule has 3 atom stereocenters. The van der Waals surface area contributed by atoms with Crippen molar-refractivity contribution in [2.45, 2.75) is 37.5 Å². The molecule has 0 unspecified atom stereocenters. The van der Waals surface area contributed by atoms with Crippen LogP contribution in [0.25, 0.3) is 0 Å². The molecule has 1 amide bonds. The summed E-state index contributed by atoms with van der Waals surface area (Å²) in [4.78, 5) is 19.1. The molecule has 0 spiro atoms. The minimum absolute atomic E-state index is 0.0386. The summed E-state index contributed by atoms with van der Waals surface area (Å²) in [5, 5.41) is 10.1. The minimum atomic E-state index is -3.14. The summed E-state index contributed by atoms with van der Waals surface area (Å²) < 4.78 is 23.5. The Bertz CT molecular complexity index is 851. The van der Waals surface area contributed by atoms with Crippen molar-refractivity contribution in [3.05, 3.63) is 35.4 Å². The molecule has 2 saturated heterocycles. The van der Waals surface area contributed by atoms with E-state index in [1.54, 1.807) is 0 Å². The van der Waals surface area contributed by atoms with Gasteiger partial charge in [0.1, 0.15) is 0 Å². The van der Waals surface area contributed by atoms with Gasteiger partial charge in [0, 0.05) is 33.2 Å². The number of carbonyl (C=O) groups excluding carboxylic acids is 1. The number of hydrogen-bond donors (Lipinski definition) is 1. The molecule has 0 saturated carbocycles. The Hall–Kier alpha value is -1.48. The topological polar surface area (TPSA) is 81.2 Å². The first-order chi connectivity index (χ1) is 13.8. The van der Waals surface area contributed by atoms with E-state index in [4.69, 9.17) is 0 Å². The van der Waals surface area contributed by atoms with Crippen molar-refractivity contribution in [1.29, 1.82) is 0 Å². The molecule has 160 valence electrons. The maximum atomic E-state index is 12.9. The van der Waals surface area contributed by atoms with Gasteiger partial charge in [0.05, 0.1) is 36.2 Å². The zero-order valence-corrected chi connectivity index (χ0v) is 17.9. The molecule has 1 aromatic carbocycles. The van der Waals surface area contributed by atoms with Crippen molar-refractivity contribution in [1.82, 2.24) is 14.7 Å². The molecule has 2 aliphatic heterocycles. The summed E-state index contributed by atoms with van der Waals surface area (Å²) in [5.41, 5.74) is 2.62. The van der Waals surface area contributed by atoms with Crippen molar-refractivity contribution in [3.8, 4) is 0 Å². The Morgan fingerprint density at radius 3 is 2.59 bits per heavy atom. The van der Waals surface area contributed by atoms with Crippen molar-refractivity contribution in [3.63, 3.8) is 0 Å². The maximum Gasteiger partial charge on any atom is 0.237 e. The quantitative estimate of drug-likeness (QED) is 0.753. The van der Waals surface area contributed by atoms with Gasteiger partial charge >= 0.3 is 0 Å². The molecule has 3 aliphatic rings. The van der Waals surface area contributed by atoms with Crippen LogP contribution < -0.4 is 0 Å². The van der Waals surface area contributed by atoms with Gasteiger partial charge in [0.2, 0.25) is 5.91 Å². The largest absolute Gasteiger partial charge is 0.390 e. The normalized spacial score (nSPS) is 30.1. The fourth-order valence-corrected chi connectivity index (χ4v) is 6.85. The van der Waals surface area contributed by atoms with Crippen molar-refractivity contribution < 1.29 is 18.3 Å². The number of aliphatic hydroxyl groups is 1. The second kappa shape index (κ2) is 8.34. The van der Waals surface area contributed by atoms with Crippen LogP contribution in [0.4, 0.5) is 0 Å². The van der Waals surface area contributed by atoms with Gasteiger partial charge in [0.15, 0.2) is 9.84 Å². The zero-order valence-electron chi connectivity index (χ0n) is 17.0. The summed E-state index contributed by atoms with van der Waals surface area (Å²) in [7, 11) is -1.23. The van der Waals surface area contributed by atoms with Crippen LogP contribution in [-0.4, -0.2) is 97.6 Å². The Balaban J connectivity index is 1.31. The first-order valence-electron chi connectivity index (χ1n) is 10.5. The van der Waals surface area contributed by atoms with Gasteiger partial charge in [-0.05, 0) is 30.4 Å². The molecular formula is C21H31N3O4S. The Morgan fingerprint density at radius 1 is 1.17 bits per heavy atom. The molecule has 1 aliphatic carbocycles. The van der Waals surface area contributed by atoms with Crippen LogP contribution >= 0.6 is 0 Å². The first-order valence-corrected chi connectivity index (χ1v) is 12.3. The number of aryl methyl sites for hydroxylation is 1. The lowest BCUT2D eigenvalue weighted by Crippen LogP contribution is -2.55. The number of fused-ring (bicyclic) bond motifs is 1. The predicted molar refractivity (Wildman–Crippen MR) is 111 cm³/mol. The lowest BCUT2D eigenvalue weighted by molar-refractivity contribution is -0.134. The molecule has 1 aromatic rings. The van der Waals surface area contributed by atoms with Crippen molar-refractivity contribution in [2.24, 2.45) is 0 Å². The molecule has 2 heterocycles. The van der Waals surface area contributed by atoms with Gasteiger partial charge in [-0.15, -0.1) is 0 Å². The lowest BCUT2D eigenvalue weighted by Gasteiger charge is -2.39. The number of carbonyl (C=O) groups is 1. The summed E-state index contributed by atoms with van der Waals surface area (Å²) in [6.07, 6.45) is 2.39. The number of amides is 1. The minimum Gasteiger partial charge on any atom is -0.390 e. The number of likely N-dealkylation sites (N-methyl/N-ethyl adjacent to an activating group) is 1. The second-order valence-electron chi connectivity index (χ2n) is 8.64. The van der Waals surface area contributed by atoms with E-state index in [0.717, 1.165) is 19.3 Å². The van der Waals surface area contributed by atoms with E-state index in [1.165, 1.54) is 11.1 Å². The monoisotopic (exact) mass is 421 g/mol. The molecule has 29 heavy (non-hydrogen) atoms. The van der Waals surface area contributed by atoms with Crippen molar-refractivity contribution in [2.75, 3.05) is 51.3 Å². The van der Waals surface area contributed by atoms with Gasteiger partial charge < -0.3 is 10.0 Å². The Labute approximate surface area is 173 Å². The third kappa shape index (κ3) is 4.50. The fourth-order valence-electron chi connectivity index (χ4n) is 5.02. The maximum absolute atomic E-state index is 12.9. The Morgan fingerprint density at radius 2 is 1.90 bits per heavy atom. The first kappa shape index (κ1) is 20.8. The van der Waals surface area contributed by atoms with E-state index in [9.17, 15) is 18.3 Å². The van der Waals surface area contributed by atoms with Crippen LogP contribution in [-0.2, 0) is 21.1 Å². The van der Waals surface area contributed by atoms with Crippen LogP contribution in [0.1, 0.15) is 30.0 Å². The van der Waals surface area contributed by atoms with E-state index in [1.807, 2.05) is 18.0 Å². The SMILES string of the molecule is CN(C(=O)CN1CCN([C@@H]2CS(=O)(=O)C[C@@H]2O)CC1)[C@@H]1CCCc2ccccc21. The summed E-state index contributed by atoms with van der Waals surface area (Å²) in [6.45, 7) is 3.17. The average molecular weight is 422 g/mol. The molecule has 2 fully saturated rings. The summed E-state index contributed by atoms with van der Waals surface area (Å²) >= 11 is 0. The molecule has 0 aromatic heterocycles. The predicted octanol–water partition coefficient (Wildman–Crippen LogP) is 0.298. The van der Waals surface area contributed by atoms with E-state index in [-0.39, 0.29) is 29.5 Å². The molecule has 0 radical (unpaired) electrons. The second-order valence-corrected chi connectivity index (χ2v) is 10.8. The third-order valence-corrected chi connectivity index (χ3v) is 8.43. The van der Waals surface area contributed by atoms with Gasteiger partial charge in [-0.3, -0.25) is 14.6 Å². The number of aliphatic hydroxyl groups excluding tert-OH is 1. The highest BCUT2D eigenvalue weighted by Gasteiger charge is 2.41. The van der Waals surface area contributed by atoms with Gasteiger partial charge in [0.25, 0.3) is 0 Å². The molecule has 7 nitrogen and oxygen atoms in total. The number of piperazine rings is 1. The molecular weight excluding hydrogens is 390 g/mol. The summed E-state index contributed by atoms with van der Waals surface area (Å²) in [6, 6.07) is 8.26. The van der Waals surface area contributed by atoms with Gasteiger partial charge in [-0.25, -0.2) is 8.42 Å². The molecule has 4 rings (SSSR count). The van der Waals surface area contributed by atoms with Crippen LogP contribution in [0.3, 0.4) is 0 Å².